The van der Waals surface area contributed by atoms with Crippen molar-refractivity contribution in [1.29, 1.82) is 0 Å². The van der Waals surface area contributed by atoms with Crippen LogP contribution in [0.15, 0.2) is 28.9 Å². The van der Waals surface area contributed by atoms with Gasteiger partial charge in [-0.15, -0.1) is 0 Å². The highest BCUT2D eigenvalue weighted by Gasteiger charge is 2.23. The second kappa shape index (κ2) is 8.83. The molecule has 148 valence electrons. The zero-order chi connectivity index (χ0) is 19.2. The first-order valence-electron chi connectivity index (χ1n) is 9.63. The molecular weight excluding hydrogens is 358 g/mol. The van der Waals surface area contributed by atoms with Crippen LogP contribution in [-0.4, -0.2) is 39.0 Å². The van der Waals surface area contributed by atoms with E-state index in [9.17, 15) is 0 Å². The SMILES string of the molecule is COCCCc1cc(Nc2ccnc(NCc3cc(C4CCC4)no3)n2)n[nH]1. The average Bonchev–Trinajstić information content (AvgIpc) is 3.29. The molecule has 0 unspecified atom stereocenters. The van der Waals surface area contributed by atoms with Gasteiger partial charge in [0.2, 0.25) is 5.95 Å². The maximum atomic E-state index is 5.41. The van der Waals surface area contributed by atoms with Crippen molar-refractivity contribution in [2.45, 2.75) is 44.6 Å². The number of nitrogens with one attached hydrogen (secondary N) is 3. The predicted octanol–water partition coefficient (Wildman–Crippen LogP) is 3.39. The van der Waals surface area contributed by atoms with E-state index in [1.807, 2.05) is 12.1 Å². The van der Waals surface area contributed by atoms with E-state index in [1.54, 1.807) is 19.4 Å². The third-order valence-electron chi connectivity index (χ3n) is 4.86. The second-order valence-corrected chi connectivity index (χ2v) is 6.96. The van der Waals surface area contributed by atoms with Crippen LogP contribution in [-0.2, 0) is 17.7 Å². The maximum absolute atomic E-state index is 5.41. The fourth-order valence-corrected chi connectivity index (χ4v) is 3.08. The first-order chi connectivity index (χ1) is 13.8. The summed E-state index contributed by atoms with van der Waals surface area (Å²) in [5, 5.41) is 17.8. The Labute approximate surface area is 163 Å². The molecule has 1 fully saturated rings. The smallest absolute Gasteiger partial charge is 0.224 e. The van der Waals surface area contributed by atoms with Gasteiger partial charge in [0.05, 0.1) is 12.2 Å². The van der Waals surface area contributed by atoms with E-state index in [0.717, 1.165) is 42.4 Å². The minimum Gasteiger partial charge on any atom is -0.385 e. The lowest BCUT2D eigenvalue weighted by atomic mass is 9.83. The van der Waals surface area contributed by atoms with Crippen molar-refractivity contribution < 1.29 is 9.26 Å². The molecule has 9 nitrogen and oxygen atoms in total. The maximum Gasteiger partial charge on any atom is 0.224 e. The van der Waals surface area contributed by atoms with Crippen LogP contribution in [0.2, 0.25) is 0 Å². The zero-order valence-electron chi connectivity index (χ0n) is 15.9. The van der Waals surface area contributed by atoms with Crippen molar-refractivity contribution in [3.63, 3.8) is 0 Å². The Morgan fingerprint density at radius 3 is 3.04 bits per heavy atom. The van der Waals surface area contributed by atoms with E-state index in [4.69, 9.17) is 9.26 Å². The Balaban J connectivity index is 1.30. The van der Waals surface area contributed by atoms with Gasteiger partial charge in [-0.05, 0) is 31.7 Å². The number of nitrogens with zero attached hydrogens (tertiary/aromatic N) is 4. The molecule has 3 aromatic rings. The number of aromatic amines is 1. The molecule has 0 saturated heterocycles. The minimum absolute atomic E-state index is 0.495. The van der Waals surface area contributed by atoms with E-state index < -0.39 is 0 Å². The number of hydrogen-bond donors (Lipinski definition) is 3. The lowest BCUT2D eigenvalue weighted by Crippen LogP contribution is -2.08. The van der Waals surface area contributed by atoms with Crippen LogP contribution < -0.4 is 10.6 Å². The normalized spacial score (nSPS) is 14.0. The van der Waals surface area contributed by atoms with Crippen molar-refractivity contribution in [3.05, 3.63) is 41.5 Å². The van der Waals surface area contributed by atoms with Crippen LogP contribution in [0.1, 0.15) is 48.7 Å². The Kier molecular flexibility index (Phi) is 5.81. The number of aromatic nitrogens is 5. The summed E-state index contributed by atoms with van der Waals surface area (Å²) in [5.74, 6) is 3.26. The molecule has 1 aliphatic carbocycles. The van der Waals surface area contributed by atoms with E-state index >= 15 is 0 Å². The summed E-state index contributed by atoms with van der Waals surface area (Å²) < 4.78 is 10.5. The van der Waals surface area contributed by atoms with Gasteiger partial charge in [-0.3, -0.25) is 5.10 Å². The van der Waals surface area contributed by atoms with Crippen molar-refractivity contribution in [2.75, 3.05) is 24.4 Å². The van der Waals surface area contributed by atoms with Gasteiger partial charge in [-0.25, -0.2) is 4.98 Å². The fraction of sp³-hybridized carbons (Fsp3) is 0.474. The van der Waals surface area contributed by atoms with Crippen molar-refractivity contribution in [2.24, 2.45) is 0 Å². The first-order valence-corrected chi connectivity index (χ1v) is 9.63. The number of methoxy groups -OCH3 is 1. The van der Waals surface area contributed by atoms with E-state index in [2.05, 4.69) is 36.0 Å². The van der Waals surface area contributed by atoms with Crippen LogP contribution in [0.4, 0.5) is 17.6 Å². The standard InChI is InChI=1S/C19H25N7O2/c1-27-9-3-6-14-10-18(25-24-14)22-17-7-8-20-19(23-17)21-12-15-11-16(26-28-15)13-4-2-5-13/h7-8,10-11,13H,2-6,9,12H2,1H3,(H3,20,21,22,23,24,25). The largest absolute Gasteiger partial charge is 0.385 e. The van der Waals surface area contributed by atoms with Gasteiger partial charge in [-0.1, -0.05) is 11.6 Å². The van der Waals surface area contributed by atoms with Crippen LogP contribution in [0.25, 0.3) is 0 Å². The minimum atomic E-state index is 0.495. The molecule has 1 saturated carbocycles. The Morgan fingerprint density at radius 1 is 1.29 bits per heavy atom. The molecule has 3 aromatic heterocycles. The van der Waals surface area contributed by atoms with Gasteiger partial charge >= 0.3 is 0 Å². The van der Waals surface area contributed by atoms with E-state index in [0.29, 0.717) is 24.2 Å². The quantitative estimate of drug-likeness (QED) is 0.457. The molecule has 0 spiro atoms. The van der Waals surface area contributed by atoms with Crippen LogP contribution in [0.5, 0.6) is 0 Å². The lowest BCUT2D eigenvalue weighted by Gasteiger charge is -2.22. The number of rotatable bonds is 10. The predicted molar refractivity (Wildman–Crippen MR) is 105 cm³/mol. The highest BCUT2D eigenvalue weighted by molar-refractivity contribution is 5.52. The highest BCUT2D eigenvalue weighted by Crippen LogP contribution is 2.35. The third-order valence-corrected chi connectivity index (χ3v) is 4.86. The molecule has 0 amide bonds. The Bertz CT molecular complexity index is 888. The summed E-state index contributed by atoms with van der Waals surface area (Å²) in [6, 6.07) is 5.79. The summed E-state index contributed by atoms with van der Waals surface area (Å²) in [6.07, 6.45) is 7.23. The number of aryl methyl sites for hydroxylation is 1. The van der Waals surface area contributed by atoms with Gasteiger partial charge in [0, 0.05) is 43.7 Å². The number of H-pyrrole nitrogens is 1. The molecule has 0 aromatic carbocycles. The highest BCUT2D eigenvalue weighted by atomic mass is 16.5. The molecule has 0 aliphatic heterocycles. The number of anilines is 3. The van der Waals surface area contributed by atoms with Crippen LogP contribution >= 0.6 is 0 Å². The summed E-state index contributed by atoms with van der Waals surface area (Å²) in [7, 11) is 1.70. The molecule has 9 heteroatoms. The van der Waals surface area contributed by atoms with Crippen LogP contribution in [0.3, 0.4) is 0 Å². The van der Waals surface area contributed by atoms with E-state index in [-0.39, 0.29) is 0 Å². The second-order valence-electron chi connectivity index (χ2n) is 6.96. The summed E-state index contributed by atoms with van der Waals surface area (Å²) in [5.41, 5.74) is 2.11. The number of ether oxygens (including phenoxy) is 1. The van der Waals surface area contributed by atoms with Crippen LogP contribution in [0, 0.1) is 0 Å². The number of hydrogen-bond acceptors (Lipinski definition) is 8. The molecule has 0 bridgehead atoms. The Hall–Kier alpha value is -2.94. The topological polar surface area (TPSA) is 114 Å². The summed E-state index contributed by atoms with van der Waals surface area (Å²) >= 11 is 0. The Morgan fingerprint density at radius 2 is 2.21 bits per heavy atom. The molecule has 3 heterocycles. The fourth-order valence-electron chi connectivity index (χ4n) is 3.08. The molecule has 4 rings (SSSR count). The molecular formula is C19H25N7O2. The van der Waals surface area contributed by atoms with Gasteiger partial charge < -0.3 is 19.9 Å². The third kappa shape index (κ3) is 4.66. The molecule has 0 radical (unpaired) electrons. The summed E-state index contributed by atoms with van der Waals surface area (Å²) in [4.78, 5) is 8.72. The average molecular weight is 383 g/mol. The molecule has 0 atom stereocenters. The van der Waals surface area contributed by atoms with Gasteiger partial charge in [-0.2, -0.15) is 10.1 Å². The molecule has 1 aliphatic rings. The van der Waals surface area contributed by atoms with E-state index in [1.165, 1.54) is 19.3 Å². The first kappa shape index (κ1) is 18.4. The van der Waals surface area contributed by atoms with Crippen molar-refractivity contribution >= 4 is 17.6 Å². The molecule has 28 heavy (non-hydrogen) atoms. The van der Waals surface area contributed by atoms with Crippen molar-refractivity contribution in [1.82, 2.24) is 25.3 Å². The zero-order valence-corrected chi connectivity index (χ0v) is 15.9. The van der Waals surface area contributed by atoms with Gasteiger partial charge in [0.1, 0.15) is 5.82 Å². The monoisotopic (exact) mass is 383 g/mol. The molecule has 3 N–H and O–H groups in total. The lowest BCUT2D eigenvalue weighted by molar-refractivity contribution is 0.195. The van der Waals surface area contributed by atoms with Gasteiger partial charge in [0.25, 0.3) is 0 Å². The van der Waals surface area contributed by atoms with Gasteiger partial charge in [0.15, 0.2) is 11.6 Å². The summed E-state index contributed by atoms with van der Waals surface area (Å²) in [6.45, 7) is 1.23. The van der Waals surface area contributed by atoms with Crippen molar-refractivity contribution in [3.8, 4) is 0 Å².